The van der Waals surface area contributed by atoms with Gasteiger partial charge in [0.1, 0.15) is 11.5 Å². The predicted molar refractivity (Wildman–Crippen MR) is 77.0 cm³/mol. The number of aromatic nitrogens is 2. The molecule has 0 atom stereocenters. The maximum Gasteiger partial charge on any atom is 0.356 e. The summed E-state index contributed by atoms with van der Waals surface area (Å²) in [7, 11) is 4.75. The van der Waals surface area contributed by atoms with Crippen LogP contribution in [-0.2, 0) is 13.6 Å². The molecule has 0 radical (unpaired) electrons. The van der Waals surface area contributed by atoms with Crippen molar-refractivity contribution in [3.8, 4) is 11.5 Å². The van der Waals surface area contributed by atoms with E-state index in [-0.39, 0.29) is 5.69 Å². The molecule has 0 spiro atoms. The minimum absolute atomic E-state index is 0.108. The van der Waals surface area contributed by atoms with E-state index in [0.29, 0.717) is 23.7 Å². The maximum atomic E-state index is 11.2. The maximum absolute atomic E-state index is 11.2. The topological polar surface area (TPSA) is 85.6 Å². The largest absolute Gasteiger partial charge is 0.497 e. The van der Waals surface area contributed by atoms with Crippen molar-refractivity contribution in [3.05, 3.63) is 35.7 Å². The Labute approximate surface area is 122 Å². The monoisotopic (exact) mass is 291 g/mol. The first-order valence-electron chi connectivity index (χ1n) is 6.27. The van der Waals surface area contributed by atoms with Gasteiger partial charge >= 0.3 is 5.97 Å². The third kappa shape index (κ3) is 3.07. The third-order valence-corrected chi connectivity index (χ3v) is 3.10. The van der Waals surface area contributed by atoms with E-state index >= 15 is 0 Å². The lowest BCUT2D eigenvalue weighted by molar-refractivity contribution is 0.0686. The number of ether oxygens (including phenoxy) is 2. The number of carboxylic acids is 1. The Kier molecular flexibility index (Phi) is 4.32. The van der Waals surface area contributed by atoms with Gasteiger partial charge in [-0.2, -0.15) is 5.10 Å². The average molecular weight is 291 g/mol. The van der Waals surface area contributed by atoms with Crippen LogP contribution in [0.5, 0.6) is 11.5 Å². The van der Waals surface area contributed by atoms with Crippen LogP contribution in [0, 0.1) is 0 Å². The summed E-state index contributed by atoms with van der Waals surface area (Å²) in [5.74, 6) is 0.372. The molecule has 1 aromatic carbocycles. The summed E-state index contributed by atoms with van der Waals surface area (Å²) in [6.07, 6.45) is 1.48. The second-order valence-corrected chi connectivity index (χ2v) is 4.37. The number of nitrogens with one attached hydrogen (secondary N) is 1. The number of carboxylic acid groups (broad SMARTS) is 1. The van der Waals surface area contributed by atoms with Crippen LogP contribution in [-0.4, -0.2) is 35.1 Å². The molecule has 0 aliphatic heterocycles. The van der Waals surface area contributed by atoms with Crippen LogP contribution in [0.2, 0.25) is 0 Å². The van der Waals surface area contributed by atoms with Crippen molar-refractivity contribution >= 4 is 11.7 Å². The van der Waals surface area contributed by atoms with Gasteiger partial charge in [-0.1, -0.05) is 0 Å². The molecule has 0 bridgehead atoms. The Morgan fingerprint density at radius 1 is 1.38 bits per heavy atom. The molecule has 0 aliphatic carbocycles. The molecule has 7 nitrogen and oxygen atoms in total. The van der Waals surface area contributed by atoms with Gasteiger partial charge < -0.3 is 19.9 Å². The molecule has 7 heteroatoms. The highest BCUT2D eigenvalue weighted by Crippen LogP contribution is 2.25. The van der Waals surface area contributed by atoms with Crippen LogP contribution in [0.3, 0.4) is 0 Å². The molecular formula is C14H17N3O4. The second-order valence-electron chi connectivity index (χ2n) is 4.37. The van der Waals surface area contributed by atoms with Crippen molar-refractivity contribution in [1.29, 1.82) is 0 Å². The summed E-state index contributed by atoms with van der Waals surface area (Å²) in [6, 6.07) is 5.44. The van der Waals surface area contributed by atoms with E-state index in [0.717, 1.165) is 5.56 Å². The molecule has 2 N–H and O–H groups in total. The van der Waals surface area contributed by atoms with Gasteiger partial charge in [-0.3, -0.25) is 4.68 Å². The minimum Gasteiger partial charge on any atom is -0.497 e. The molecule has 112 valence electrons. The molecule has 0 fully saturated rings. The predicted octanol–water partition coefficient (Wildman–Crippen LogP) is 1.75. The average Bonchev–Trinajstić information content (AvgIpc) is 2.85. The molecule has 2 rings (SSSR count). The first-order chi connectivity index (χ1) is 10.1. The number of aryl methyl sites for hydroxylation is 1. The Bertz CT molecular complexity index is 652. The smallest absolute Gasteiger partial charge is 0.356 e. The van der Waals surface area contributed by atoms with Gasteiger partial charge in [0.25, 0.3) is 0 Å². The fourth-order valence-corrected chi connectivity index (χ4v) is 2.03. The molecule has 1 heterocycles. The standard InChI is InChI=1S/C14H17N3O4/c1-17-13(14(18)19)11(8-16-17)15-7-9-6-10(20-2)4-5-12(9)21-3/h4-6,8,15H,7H2,1-3H3,(H,18,19). The van der Waals surface area contributed by atoms with Crippen LogP contribution < -0.4 is 14.8 Å². The normalized spacial score (nSPS) is 10.2. The number of nitrogens with zero attached hydrogens (tertiary/aromatic N) is 2. The number of aromatic carboxylic acids is 1. The lowest BCUT2D eigenvalue weighted by atomic mass is 10.2. The van der Waals surface area contributed by atoms with Crippen molar-refractivity contribution in [3.63, 3.8) is 0 Å². The van der Waals surface area contributed by atoms with Gasteiger partial charge in [-0.05, 0) is 18.2 Å². The highest BCUT2D eigenvalue weighted by Gasteiger charge is 2.16. The molecule has 21 heavy (non-hydrogen) atoms. The summed E-state index contributed by atoms with van der Waals surface area (Å²) >= 11 is 0. The lowest BCUT2D eigenvalue weighted by Crippen LogP contribution is -2.10. The van der Waals surface area contributed by atoms with Crippen LogP contribution in [0.1, 0.15) is 16.1 Å². The summed E-state index contributed by atoms with van der Waals surface area (Å²) in [4.78, 5) is 11.2. The summed E-state index contributed by atoms with van der Waals surface area (Å²) in [6.45, 7) is 0.395. The fraction of sp³-hybridized carbons (Fsp3) is 0.286. The Balaban J connectivity index is 2.22. The molecular weight excluding hydrogens is 274 g/mol. The number of hydrogen-bond acceptors (Lipinski definition) is 5. The summed E-state index contributed by atoms with van der Waals surface area (Å²) in [5, 5.41) is 16.2. The van der Waals surface area contributed by atoms with E-state index in [1.165, 1.54) is 10.9 Å². The first kappa shape index (κ1) is 14.7. The van der Waals surface area contributed by atoms with Crippen molar-refractivity contribution in [2.75, 3.05) is 19.5 Å². The number of rotatable bonds is 6. The van der Waals surface area contributed by atoms with Gasteiger partial charge in [-0.25, -0.2) is 4.79 Å². The number of benzene rings is 1. The van der Waals surface area contributed by atoms with E-state index in [4.69, 9.17) is 14.6 Å². The zero-order chi connectivity index (χ0) is 15.4. The van der Waals surface area contributed by atoms with E-state index in [9.17, 15) is 4.79 Å². The SMILES string of the molecule is COc1ccc(OC)c(CNc2cnn(C)c2C(=O)O)c1. The van der Waals surface area contributed by atoms with Crippen LogP contribution in [0.25, 0.3) is 0 Å². The van der Waals surface area contributed by atoms with Crippen LogP contribution in [0.15, 0.2) is 24.4 Å². The van der Waals surface area contributed by atoms with E-state index < -0.39 is 5.97 Å². The highest BCUT2D eigenvalue weighted by atomic mass is 16.5. The molecule has 0 amide bonds. The number of carbonyl (C=O) groups is 1. The highest BCUT2D eigenvalue weighted by molar-refractivity contribution is 5.92. The Morgan fingerprint density at radius 3 is 2.76 bits per heavy atom. The van der Waals surface area contributed by atoms with E-state index in [2.05, 4.69) is 10.4 Å². The van der Waals surface area contributed by atoms with Crippen molar-refractivity contribution < 1.29 is 19.4 Å². The molecule has 2 aromatic rings. The summed E-state index contributed by atoms with van der Waals surface area (Å²) in [5.41, 5.74) is 1.42. The first-order valence-corrected chi connectivity index (χ1v) is 6.27. The van der Waals surface area contributed by atoms with E-state index in [1.807, 2.05) is 6.07 Å². The zero-order valence-electron chi connectivity index (χ0n) is 12.1. The Hall–Kier alpha value is -2.70. The number of hydrogen-bond donors (Lipinski definition) is 2. The van der Waals surface area contributed by atoms with Crippen molar-refractivity contribution in [2.24, 2.45) is 7.05 Å². The molecule has 1 aromatic heterocycles. The quantitative estimate of drug-likeness (QED) is 0.843. The van der Waals surface area contributed by atoms with Crippen LogP contribution in [0.4, 0.5) is 5.69 Å². The second kappa shape index (κ2) is 6.17. The Morgan fingerprint density at radius 2 is 2.14 bits per heavy atom. The van der Waals surface area contributed by atoms with Crippen molar-refractivity contribution in [2.45, 2.75) is 6.54 Å². The molecule has 0 unspecified atom stereocenters. The van der Waals surface area contributed by atoms with Gasteiger partial charge in [0.05, 0.1) is 26.1 Å². The zero-order valence-corrected chi connectivity index (χ0v) is 12.1. The fourth-order valence-electron chi connectivity index (χ4n) is 2.03. The van der Waals surface area contributed by atoms with Crippen LogP contribution >= 0.6 is 0 Å². The lowest BCUT2D eigenvalue weighted by Gasteiger charge is -2.12. The van der Waals surface area contributed by atoms with Gasteiger partial charge in [0, 0.05) is 19.2 Å². The van der Waals surface area contributed by atoms with Gasteiger partial charge in [-0.15, -0.1) is 0 Å². The summed E-state index contributed by atoms with van der Waals surface area (Å²) < 4.78 is 11.8. The number of anilines is 1. The van der Waals surface area contributed by atoms with Crippen molar-refractivity contribution in [1.82, 2.24) is 9.78 Å². The van der Waals surface area contributed by atoms with E-state index in [1.54, 1.807) is 33.4 Å². The molecule has 0 aliphatic rings. The molecule has 0 saturated heterocycles. The minimum atomic E-state index is -1.03. The third-order valence-electron chi connectivity index (χ3n) is 3.10. The molecule has 0 saturated carbocycles. The van der Waals surface area contributed by atoms with Gasteiger partial charge in [0.2, 0.25) is 0 Å². The van der Waals surface area contributed by atoms with Gasteiger partial charge in [0.15, 0.2) is 5.69 Å². The number of methoxy groups -OCH3 is 2.